The molecule has 0 aromatic carbocycles. The number of piperidine rings is 2. The Hall–Kier alpha value is -0.610. The van der Waals surface area contributed by atoms with Crippen LogP contribution in [0.3, 0.4) is 0 Å². The first kappa shape index (κ1) is 20.1. The molecule has 2 aliphatic heterocycles. The molecule has 150 valence electrons. The van der Waals surface area contributed by atoms with Gasteiger partial charge in [0.05, 0.1) is 0 Å². The predicted octanol–water partition coefficient (Wildman–Crippen LogP) is 3.80. The molecule has 1 saturated carbocycles. The summed E-state index contributed by atoms with van der Waals surface area (Å²) in [5, 5.41) is 0. The van der Waals surface area contributed by atoms with Gasteiger partial charge in [-0.1, -0.05) is 6.92 Å². The van der Waals surface area contributed by atoms with Crippen LogP contribution in [0, 0.1) is 23.7 Å². The van der Waals surface area contributed by atoms with E-state index in [9.17, 15) is 4.79 Å². The Morgan fingerprint density at radius 2 is 1.50 bits per heavy atom. The Kier molecular flexibility index (Phi) is 7.80. The number of hydrogen-bond donors (Lipinski definition) is 0. The molecule has 2 saturated heterocycles. The summed E-state index contributed by atoms with van der Waals surface area (Å²) < 4.78 is 5.99. The highest BCUT2D eigenvalue weighted by Gasteiger charge is 2.30. The number of carbonyl (C=O) groups excluding carboxylic acids is 1. The molecule has 0 radical (unpaired) electrons. The van der Waals surface area contributed by atoms with Crippen molar-refractivity contribution in [3.63, 3.8) is 0 Å². The van der Waals surface area contributed by atoms with Crippen molar-refractivity contribution in [1.29, 1.82) is 0 Å². The lowest BCUT2D eigenvalue weighted by Crippen LogP contribution is -2.42. The molecule has 1 amide bonds. The SMILES string of the molecule is CN1CCC(COCCC2CCN(C(=O)[C@H]3CC[C@H](C)CC3)CC2)CC1. The molecule has 0 bridgehead atoms. The molecule has 26 heavy (non-hydrogen) atoms. The number of amides is 1. The molecule has 0 N–H and O–H groups in total. The quantitative estimate of drug-likeness (QED) is 0.672. The van der Waals surface area contributed by atoms with E-state index in [4.69, 9.17) is 4.74 Å². The first-order valence-electron chi connectivity index (χ1n) is 11.2. The Morgan fingerprint density at radius 1 is 0.885 bits per heavy atom. The zero-order valence-electron chi connectivity index (χ0n) is 17.1. The summed E-state index contributed by atoms with van der Waals surface area (Å²) in [5.74, 6) is 3.11. The van der Waals surface area contributed by atoms with Gasteiger partial charge < -0.3 is 14.5 Å². The van der Waals surface area contributed by atoms with Crippen LogP contribution >= 0.6 is 0 Å². The predicted molar refractivity (Wildman–Crippen MR) is 106 cm³/mol. The van der Waals surface area contributed by atoms with E-state index in [0.29, 0.717) is 11.8 Å². The Balaban J connectivity index is 1.26. The highest BCUT2D eigenvalue weighted by Crippen LogP contribution is 2.31. The number of ether oxygens (including phenoxy) is 1. The van der Waals surface area contributed by atoms with E-state index in [2.05, 4.69) is 23.8 Å². The molecule has 2 heterocycles. The number of rotatable bonds is 6. The summed E-state index contributed by atoms with van der Waals surface area (Å²) in [7, 11) is 2.21. The van der Waals surface area contributed by atoms with Crippen molar-refractivity contribution >= 4 is 5.91 Å². The van der Waals surface area contributed by atoms with Gasteiger partial charge in [-0.15, -0.1) is 0 Å². The lowest BCUT2D eigenvalue weighted by Gasteiger charge is -2.36. The zero-order valence-corrected chi connectivity index (χ0v) is 17.1. The van der Waals surface area contributed by atoms with Gasteiger partial charge in [-0.25, -0.2) is 0 Å². The minimum atomic E-state index is 0.320. The van der Waals surface area contributed by atoms with E-state index in [0.717, 1.165) is 56.9 Å². The smallest absolute Gasteiger partial charge is 0.225 e. The molecule has 0 spiro atoms. The van der Waals surface area contributed by atoms with Gasteiger partial charge in [0.1, 0.15) is 0 Å². The number of hydrogen-bond acceptors (Lipinski definition) is 3. The lowest BCUT2D eigenvalue weighted by atomic mass is 9.82. The Labute approximate surface area is 160 Å². The van der Waals surface area contributed by atoms with Crippen LogP contribution in [0.25, 0.3) is 0 Å². The Morgan fingerprint density at radius 3 is 2.15 bits per heavy atom. The summed E-state index contributed by atoms with van der Waals surface area (Å²) in [6.45, 7) is 8.58. The van der Waals surface area contributed by atoms with Gasteiger partial charge in [0.15, 0.2) is 0 Å². The van der Waals surface area contributed by atoms with Crippen LogP contribution in [0.2, 0.25) is 0 Å². The molecule has 4 nitrogen and oxygen atoms in total. The first-order chi connectivity index (χ1) is 12.6. The number of nitrogens with zero attached hydrogens (tertiary/aromatic N) is 2. The van der Waals surface area contributed by atoms with E-state index in [1.165, 1.54) is 58.0 Å². The maximum absolute atomic E-state index is 12.7. The molecule has 0 aromatic heterocycles. The molecule has 3 fully saturated rings. The minimum Gasteiger partial charge on any atom is -0.381 e. The van der Waals surface area contributed by atoms with Crippen molar-refractivity contribution in [2.24, 2.45) is 23.7 Å². The number of likely N-dealkylation sites (tertiary alicyclic amines) is 2. The van der Waals surface area contributed by atoms with Crippen LogP contribution in [-0.4, -0.2) is 62.1 Å². The monoisotopic (exact) mass is 364 g/mol. The van der Waals surface area contributed by atoms with Crippen LogP contribution in [0.1, 0.15) is 64.7 Å². The molecular weight excluding hydrogens is 324 g/mol. The van der Waals surface area contributed by atoms with Crippen LogP contribution in [-0.2, 0) is 9.53 Å². The van der Waals surface area contributed by atoms with E-state index in [1.807, 2.05) is 0 Å². The minimum absolute atomic E-state index is 0.320. The summed E-state index contributed by atoms with van der Waals surface area (Å²) in [4.78, 5) is 17.3. The van der Waals surface area contributed by atoms with Gasteiger partial charge in [-0.2, -0.15) is 0 Å². The molecule has 3 aliphatic rings. The van der Waals surface area contributed by atoms with Crippen molar-refractivity contribution in [3.8, 4) is 0 Å². The average molecular weight is 365 g/mol. The van der Waals surface area contributed by atoms with E-state index < -0.39 is 0 Å². The summed E-state index contributed by atoms with van der Waals surface area (Å²) >= 11 is 0. The number of carbonyl (C=O) groups is 1. The van der Waals surface area contributed by atoms with Gasteiger partial charge >= 0.3 is 0 Å². The second kappa shape index (κ2) is 10.1. The topological polar surface area (TPSA) is 32.8 Å². The summed E-state index contributed by atoms with van der Waals surface area (Å²) in [5.41, 5.74) is 0. The largest absolute Gasteiger partial charge is 0.381 e. The fraction of sp³-hybridized carbons (Fsp3) is 0.955. The highest BCUT2D eigenvalue weighted by molar-refractivity contribution is 5.79. The standard InChI is InChI=1S/C22H40N2O2/c1-18-3-5-21(6-4-18)22(25)24-14-9-19(10-15-24)11-16-26-17-20-7-12-23(2)13-8-20/h18-21H,3-17H2,1-2H3/t18-,21-. The molecule has 0 unspecified atom stereocenters. The van der Waals surface area contributed by atoms with Crippen LogP contribution in [0.5, 0.6) is 0 Å². The lowest BCUT2D eigenvalue weighted by molar-refractivity contribution is -0.138. The highest BCUT2D eigenvalue weighted by atomic mass is 16.5. The molecule has 1 aliphatic carbocycles. The van der Waals surface area contributed by atoms with Gasteiger partial charge in [0, 0.05) is 32.2 Å². The first-order valence-corrected chi connectivity index (χ1v) is 11.2. The maximum atomic E-state index is 12.7. The van der Waals surface area contributed by atoms with E-state index >= 15 is 0 Å². The van der Waals surface area contributed by atoms with Gasteiger partial charge in [-0.05, 0) is 95.7 Å². The van der Waals surface area contributed by atoms with Crippen LogP contribution < -0.4 is 0 Å². The fourth-order valence-corrected chi connectivity index (χ4v) is 4.94. The molecule has 3 rings (SSSR count). The summed E-state index contributed by atoms with van der Waals surface area (Å²) in [6.07, 6.45) is 10.8. The molecule has 0 aromatic rings. The zero-order chi connectivity index (χ0) is 18.4. The Bertz CT molecular complexity index is 418. The van der Waals surface area contributed by atoms with E-state index in [-0.39, 0.29) is 0 Å². The van der Waals surface area contributed by atoms with Crippen molar-refractivity contribution in [3.05, 3.63) is 0 Å². The third-order valence-electron chi connectivity index (χ3n) is 7.15. The third-order valence-corrected chi connectivity index (χ3v) is 7.15. The molecule has 4 heteroatoms. The van der Waals surface area contributed by atoms with E-state index in [1.54, 1.807) is 0 Å². The van der Waals surface area contributed by atoms with Gasteiger partial charge in [0.25, 0.3) is 0 Å². The van der Waals surface area contributed by atoms with Gasteiger partial charge in [0.2, 0.25) is 5.91 Å². The van der Waals surface area contributed by atoms with Crippen molar-refractivity contribution in [2.45, 2.75) is 64.7 Å². The van der Waals surface area contributed by atoms with Crippen molar-refractivity contribution in [1.82, 2.24) is 9.80 Å². The van der Waals surface area contributed by atoms with Crippen molar-refractivity contribution in [2.75, 3.05) is 46.4 Å². The maximum Gasteiger partial charge on any atom is 0.225 e. The summed E-state index contributed by atoms with van der Waals surface area (Å²) in [6, 6.07) is 0. The molecule has 0 atom stereocenters. The van der Waals surface area contributed by atoms with Crippen LogP contribution in [0.4, 0.5) is 0 Å². The molecular formula is C22H40N2O2. The fourth-order valence-electron chi connectivity index (χ4n) is 4.94. The second-order valence-corrected chi connectivity index (χ2v) is 9.34. The van der Waals surface area contributed by atoms with Crippen molar-refractivity contribution < 1.29 is 9.53 Å². The van der Waals surface area contributed by atoms with Crippen LogP contribution in [0.15, 0.2) is 0 Å². The van der Waals surface area contributed by atoms with Gasteiger partial charge in [-0.3, -0.25) is 4.79 Å². The average Bonchev–Trinajstić information content (AvgIpc) is 2.67. The third kappa shape index (κ3) is 5.95. The normalized spacial score (nSPS) is 29.8. The second-order valence-electron chi connectivity index (χ2n) is 9.34.